The minimum atomic E-state index is -4.58. The van der Waals surface area contributed by atoms with Crippen molar-refractivity contribution < 1.29 is 36.2 Å². The van der Waals surface area contributed by atoms with Crippen LogP contribution in [0.2, 0.25) is 0 Å². The number of aliphatic hydroxyl groups is 1. The smallest absolute Gasteiger partial charge is 0.446 e. The summed E-state index contributed by atoms with van der Waals surface area (Å²) in [6.07, 6.45) is -3.77. The molecule has 0 aliphatic carbocycles. The van der Waals surface area contributed by atoms with Crippen molar-refractivity contribution in [3.05, 3.63) is 125 Å². The van der Waals surface area contributed by atoms with Gasteiger partial charge in [-0.3, -0.25) is 5.32 Å². The van der Waals surface area contributed by atoms with Crippen molar-refractivity contribution in [1.29, 1.82) is 0 Å². The Morgan fingerprint density at radius 3 is 2.02 bits per heavy atom. The minimum Gasteiger partial charge on any atom is -0.457 e. The average molecular weight is 592 g/mol. The van der Waals surface area contributed by atoms with Gasteiger partial charge in [-0.05, 0) is 89.0 Å². The first-order valence-electron chi connectivity index (χ1n) is 12.7. The van der Waals surface area contributed by atoms with E-state index >= 15 is 0 Å². The number of rotatable bonds is 10. The number of ether oxygens (including phenoxy) is 1. The highest BCUT2D eigenvalue weighted by atomic mass is 32.2. The monoisotopic (exact) mass is 591 g/mol. The van der Waals surface area contributed by atoms with E-state index in [0.29, 0.717) is 22.6 Å². The van der Waals surface area contributed by atoms with Gasteiger partial charge in [0, 0.05) is 4.90 Å². The van der Waals surface area contributed by atoms with Gasteiger partial charge in [0.25, 0.3) is 0 Å². The molecule has 0 saturated carbocycles. The molecule has 41 heavy (non-hydrogen) atoms. The lowest BCUT2D eigenvalue weighted by atomic mass is 9.95. The normalized spacial score (nSPS) is 13.6. The summed E-state index contributed by atoms with van der Waals surface area (Å²) in [6.45, 7) is 1.46. The standard InChI is InChI=1S/C31H27F6NO2S/c1-2-20-7-3-12-25(15-20)40-26-13-5-9-22(17-26)29(23-10-6-14-27(18-23)41-31(35,36)37)38-28(19-39)21-8-4-11-24(16-21)30(32,33)34/h3-18,28-29,38-39H,2,19H2,1H3. The lowest BCUT2D eigenvalue weighted by molar-refractivity contribution is -0.137. The molecule has 0 saturated heterocycles. The van der Waals surface area contributed by atoms with Crippen molar-refractivity contribution in [3.8, 4) is 11.5 Å². The Morgan fingerprint density at radius 1 is 0.756 bits per heavy atom. The van der Waals surface area contributed by atoms with Crippen molar-refractivity contribution in [1.82, 2.24) is 5.32 Å². The van der Waals surface area contributed by atoms with Crippen molar-refractivity contribution in [2.75, 3.05) is 6.61 Å². The molecule has 0 aliphatic heterocycles. The van der Waals surface area contributed by atoms with Crippen LogP contribution >= 0.6 is 11.8 Å². The van der Waals surface area contributed by atoms with Crippen LogP contribution in [-0.4, -0.2) is 17.2 Å². The maximum Gasteiger partial charge on any atom is 0.446 e. The molecule has 0 aliphatic rings. The molecule has 216 valence electrons. The molecule has 0 bridgehead atoms. The molecule has 0 heterocycles. The van der Waals surface area contributed by atoms with E-state index < -0.39 is 35.9 Å². The molecule has 0 amide bonds. The van der Waals surface area contributed by atoms with Gasteiger partial charge in [-0.15, -0.1) is 0 Å². The zero-order valence-electron chi connectivity index (χ0n) is 21.8. The van der Waals surface area contributed by atoms with Gasteiger partial charge in [0.1, 0.15) is 11.5 Å². The van der Waals surface area contributed by atoms with E-state index in [0.717, 1.165) is 24.1 Å². The number of aliphatic hydroxyl groups excluding tert-OH is 1. The second-order valence-corrected chi connectivity index (χ2v) is 10.4. The highest BCUT2D eigenvalue weighted by molar-refractivity contribution is 8.00. The van der Waals surface area contributed by atoms with Crippen molar-refractivity contribution >= 4 is 11.8 Å². The van der Waals surface area contributed by atoms with Gasteiger partial charge in [0.05, 0.1) is 24.3 Å². The molecule has 2 unspecified atom stereocenters. The molecule has 0 fully saturated rings. The third-order valence-electron chi connectivity index (χ3n) is 6.33. The number of thioether (sulfide) groups is 1. The van der Waals surface area contributed by atoms with E-state index in [1.807, 2.05) is 25.1 Å². The lowest BCUT2D eigenvalue weighted by Gasteiger charge is -2.27. The Kier molecular flexibility index (Phi) is 9.68. The summed E-state index contributed by atoms with van der Waals surface area (Å²) in [7, 11) is 0. The Balaban J connectivity index is 1.73. The summed E-state index contributed by atoms with van der Waals surface area (Å²) in [5, 5.41) is 13.4. The van der Waals surface area contributed by atoms with Gasteiger partial charge in [0.15, 0.2) is 0 Å². The molecule has 10 heteroatoms. The number of hydrogen-bond donors (Lipinski definition) is 2. The molecule has 2 atom stereocenters. The van der Waals surface area contributed by atoms with Crippen LogP contribution in [0.5, 0.6) is 11.5 Å². The summed E-state index contributed by atoms with van der Waals surface area (Å²) in [6, 6.07) is 23.0. The molecule has 4 aromatic carbocycles. The van der Waals surface area contributed by atoms with Crippen LogP contribution in [0.15, 0.2) is 102 Å². The van der Waals surface area contributed by atoms with Gasteiger partial charge >= 0.3 is 11.7 Å². The average Bonchev–Trinajstić information content (AvgIpc) is 2.93. The van der Waals surface area contributed by atoms with Crippen LogP contribution in [0, 0.1) is 0 Å². The Hall–Kier alpha value is -3.47. The third-order valence-corrected chi connectivity index (χ3v) is 7.05. The van der Waals surface area contributed by atoms with Crippen LogP contribution < -0.4 is 10.1 Å². The van der Waals surface area contributed by atoms with Gasteiger partial charge in [-0.1, -0.05) is 55.5 Å². The number of nitrogens with one attached hydrogen (secondary N) is 1. The molecule has 2 N–H and O–H groups in total. The predicted octanol–water partition coefficient (Wildman–Crippen LogP) is 9.08. The number of aryl methyl sites for hydroxylation is 1. The van der Waals surface area contributed by atoms with Crippen LogP contribution in [0.3, 0.4) is 0 Å². The molecule has 0 aromatic heterocycles. The zero-order valence-corrected chi connectivity index (χ0v) is 22.7. The maximum atomic E-state index is 13.4. The Morgan fingerprint density at radius 2 is 1.37 bits per heavy atom. The Bertz CT molecular complexity index is 1460. The summed E-state index contributed by atoms with van der Waals surface area (Å²) < 4.78 is 85.6. The second-order valence-electron chi connectivity index (χ2n) is 9.25. The van der Waals surface area contributed by atoms with Gasteiger partial charge in [-0.2, -0.15) is 26.3 Å². The first-order valence-corrected chi connectivity index (χ1v) is 13.5. The van der Waals surface area contributed by atoms with Crippen LogP contribution in [-0.2, 0) is 12.6 Å². The maximum absolute atomic E-state index is 13.4. The van der Waals surface area contributed by atoms with E-state index in [9.17, 15) is 31.4 Å². The first kappa shape index (κ1) is 30.5. The molecule has 4 aromatic rings. The van der Waals surface area contributed by atoms with Crippen molar-refractivity contribution in [2.24, 2.45) is 0 Å². The SMILES string of the molecule is CCc1cccc(Oc2cccc(C(NC(CO)c3cccc(C(F)(F)F)c3)c3cccc(SC(F)(F)F)c3)c2)c1. The fraction of sp³-hybridized carbons (Fsp3) is 0.226. The van der Waals surface area contributed by atoms with Gasteiger partial charge in [0.2, 0.25) is 0 Å². The summed E-state index contributed by atoms with van der Waals surface area (Å²) >= 11 is -0.265. The number of benzene rings is 4. The lowest BCUT2D eigenvalue weighted by Crippen LogP contribution is -2.30. The van der Waals surface area contributed by atoms with Crippen LogP contribution in [0.4, 0.5) is 26.3 Å². The van der Waals surface area contributed by atoms with Gasteiger partial charge < -0.3 is 9.84 Å². The van der Waals surface area contributed by atoms with E-state index in [4.69, 9.17) is 4.74 Å². The second kappa shape index (κ2) is 13.0. The molecule has 0 radical (unpaired) electrons. The topological polar surface area (TPSA) is 41.5 Å². The number of hydrogen-bond acceptors (Lipinski definition) is 4. The summed E-state index contributed by atoms with van der Waals surface area (Å²) in [4.78, 5) is -0.0507. The van der Waals surface area contributed by atoms with Crippen molar-refractivity contribution in [3.63, 3.8) is 0 Å². The largest absolute Gasteiger partial charge is 0.457 e. The van der Waals surface area contributed by atoms with Crippen LogP contribution in [0.1, 0.15) is 46.8 Å². The zero-order chi connectivity index (χ0) is 29.6. The minimum absolute atomic E-state index is 0.0507. The number of alkyl halides is 6. The fourth-order valence-electron chi connectivity index (χ4n) is 4.39. The molecule has 3 nitrogen and oxygen atoms in total. The predicted molar refractivity (Wildman–Crippen MR) is 147 cm³/mol. The summed E-state index contributed by atoms with van der Waals surface area (Å²) in [5.74, 6) is 1.06. The van der Waals surface area contributed by atoms with Gasteiger partial charge in [-0.25, -0.2) is 0 Å². The Labute approximate surface area is 238 Å². The number of halogens is 6. The fourth-order valence-corrected chi connectivity index (χ4v) is 4.99. The molecular formula is C31H27F6NO2S. The molecule has 0 spiro atoms. The van der Waals surface area contributed by atoms with E-state index in [1.165, 1.54) is 30.3 Å². The van der Waals surface area contributed by atoms with E-state index in [2.05, 4.69) is 5.32 Å². The van der Waals surface area contributed by atoms with Crippen LogP contribution in [0.25, 0.3) is 0 Å². The van der Waals surface area contributed by atoms with E-state index in [1.54, 1.807) is 36.4 Å². The highest BCUT2D eigenvalue weighted by Gasteiger charge is 2.32. The summed E-state index contributed by atoms with van der Waals surface area (Å²) in [5.41, 5.74) is -3.13. The molecular weight excluding hydrogens is 564 g/mol. The first-order chi connectivity index (χ1) is 19.4. The van der Waals surface area contributed by atoms with Crippen molar-refractivity contribution in [2.45, 2.75) is 42.0 Å². The third kappa shape index (κ3) is 8.51. The molecule has 4 rings (SSSR count). The quantitative estimate of drug-likeness (QED) is 0.143. The highest BCUT2D eigenvalue weighted by Crippen LogP contribution is 2.39. The van der Waals surface area contributed by atoms with E-state index in [-0.39, 0.29) is 22.2 Å².